The van der Waals surface area contributed by atoms with E-state index in [4.69, 9.17) is 5.11 Å². The smallest absolute Gasteiger partial charge is 0.354 e. The van der Waals surface area contributed by atoms with Crippen LogP contribution < -0.4 is 5.32 Å². The molecule has 19 heavy (non-hydrogen) atoms. The molecule has 102 valence electrons. The van der Waals surface area contributed by atoms with E-state index >= 15 is 0 Å². The van der Waals surface area contributed by atoms with Crippen molar-refractivity contribution < 1.29 is 14.7 Å². The SMILES string of the molecule is CC(=O)N1CCC(Nc2cccc(C(=O)O)n2)CC1. The van der Waals surface area contributed by atoms with E-state index in [0.29, 0.717) is 5.82 Å². The van der Waals surface area contributed by atoms with Gasteiger partial charge in [-0.05, 0) is 25.0 Å². The Hall–Kier alpha value is -2.11. The van der Waals surface area contributed by atoms with Gasteiger partial charge in [-0.25, -0.2) is 9.78 Å². The number of nitrogens with zero attached hydrogens (tertiary/aromatic N) is 2. The summed E-state index contributed by atoms with van der Waals surface area (Å²) in [7, 11) is 0. The Morgan fingerprint density at radius 1 is 1.37 bits per heavy atom. The van der Waals surface area contributed by atoms with Crippen molar-refractivity contribution in [2.24, 2.45) is 0 Å². The summed E-state index contributed by atoms with van der Waals surface area (Å²) in [5.74, 6) is -0.360. The number of aromatic nitrogens is 1. The van der Waals surface area contributed by atoms with Crippen LogP contribution in [-0.4, -0.2) is 46.0 Å². The van der Waals surface area contributed by atoms with Crippen LogP contribution in [-0.2, 0) is 4.79 Å². The van der Waals surface area contributed by atoms with Crippen LogP contribution in [0.25, 0.3) is 0 Å². The highest BCUT2D eigenvalue weighted by Crippen LogP contribution is 2.15. The molecule has 0 bridgehead atoms. The number of likely N-dealkylation sites (tertiary alicyclic amines) is 1. The largest absolute Gasteiger partial charge is 0.477 e. The molecule has 1 aliphatic heterocycles. The second-order valence-corrected chi connectivity index (χ2v) is 4.64. The number of anilines is 1. The Balaban J connectivity index is 1.94. The lowest BCUT2D eigenvalue weighted by Gasteiger charge is -2.31. The van der Waals surface area contributed by atoms with Gasteiger partial charge in [0.15, 0.2) is 5.69 Å². The van der Waals surface area contributed by atoms with Crippen LogP contribution in [0.2, 0.25) is 0 Å². The van der Waals surface area contributed by atoms with Gasteiger partial charge in [0.05, 0.1) is 0 Å². The number of pyridine rings is 1. The van der Waals surface area contributed by atoms with Gasteiger partial charge in [0.2, 0.25) is 5.91 Å². The lowest BCUT2D eigenvalue weighted by atomic mass is 10.1. The van der Waals surface area contributed by atoms with Gasteiger partial charge in [-0.1, -0.05) is 6.07 Å². The minimum Gasteiger partial charge on any atom is -0.477 e. The molecule has 0 radical (unpaired) electrons. The highest BCUT2D eigenvalue weighted by Gasteiger charge is 2.20. The number of hydrogen-bond acceptors (Lipinski definition) is 4. The molecule has 2 rings (SSSR count). The monoisotopic (exact) mass is 263 g/mol. The van der Waals surface area contributed by atoms with Crippen molar-refractivity contribution in [3.05, 3.63) is 23.9 Å². The van der Waals surface area contributed by atoms with Crippen molar-refractivity contribution in [1.29, 1.82) is 0 Å². The van der Waals surface area contributed by atoms with E-state index < -0.39 is 5.97 Å². The van der Waals surface area contributed by atoms with Crippen molar-refractivity contribution >= 4 is 17.7 Å². The minimum absolute atomic E-state index is 0.0335. The van der Waals surface area contributed by atoms with Crippen LogP contribution in [0.15, 0.2) is 18.2 Å². The van der Waals surface area contributed by atoms with E-state index in [1.807, 2.05) is 4.90 Å². The quantitative estimate of drug-likeness (QED) is 0.856. The molecule has 2 heterocycles. The van der Waals surface area contributed by atoms with E-state index in [1.54, 1.807) is 19.1 Å². The lowest BCUT2D eigenvalue weighted by molar-refractivity contribution is -0.129. The second kappa shape index (κ2) is 5.69. The van der Waals surface area contributed by atoms with Gasteiger partial charge in [-0.3, -0.25) is 4.79 Å². The number of carboxylic acid groups (broad SMARTS) is 1. The Labute approximate surface area is 111 Å². The maximum absolute atomic E-state index is 11.2. The third kappa shape index (κ3) is 3.43. The van der Waals surface area contributed by atoms with E-state index in [1.165, 1.54) is 6.07 Å². The van der Waals surface area contributed by atoms with Gasteiger partial charge in [0, 0.05) is 26.1 Å². The van der Waals surface area contributed by atoms with E-state index in [9.17, 15) is 9.59 Å². The number of carboxylic acids is 1. The zero-order valence-corrected chi connectivity index (χ0v) is 10.8. The standard InChI is InChI=1S/C13H17N3O3/c1-9(17)16-7-5-10(6-8-16)14-12-4-2-3-11(15-12)13(18)19/h2-4,10H,5-8H2,1H3,(H,14,15)(H,18,19). The third-order valence-corrected chi connectivity index (χ3v) is 3.26. The predicted molar refractivity (Wildman–Crippen MR) is 70.1 cm³/mol. The van der Waals surface area contributed by atoms with Crippen molar-refractivity contribution in [2.45, 2.75) is 25.8 Å². The van der Waals surface area contributed by atoms with Crippen molar-refractivity contribution in [3.8, 4) is 0 Å². The molecular formula is C13H17N3O3. The maximum atomic E-state index is 11.2. The molecule has 2 N–H and O–H groups in total. The molecule has 0 spiro atoms. The summed E-state index contributed by atoms with van der Waals surface area (Å²) in [5.41, 5.74) is 0.0335. The average Bonchev–Trinajstić information content (AvgIpc) is 2.39. The molecule has 0 unspecified atom stereocenters. The molecule has 1 fully saturated rings. The van der Waals surface area contributed by atoms with Gasteiger partial charge >= 0.3 is 5.97 Å². The molecule has 1 saturated heterocycles. The summed E-state index contributed by atoms with van der Waals surface area (Å²) in [4.78, 5) is 27.9. The highest BCUT2D eigenvalue weighted by atomic mass is 16.4. The van der Waals surface area contributed by atoms with Crippen molar-refractivity contribution in [3.63, 3.8) is 0 Å². The molecule has 6 nitrogen and oxygen atoms in total. The summed E-state index contributed by atoms with van der Waals surface area (Å²) in [5, 5.41) is 12.1. The molecule has 1 aromatic heterocycles. The minimum atomic E-state index is -1.03. The van der Waals surface area contributed by atoms with E-state index in [2.05, 4.69) is 10.3 Å². The van der Waals surface area contributed by atoms with Crippen LogP contribution in [0.3, 0.4) is 0 Å². The zero-order chi connectivity index (χ0) is 13.8. The second-order valence-electron chi connectivity index (χ2n) is 4.64. The van der Waals surface area contributed by atoms with Crippen LogP contribution >= 0.6 is 0 Å². The van der Waals surface area contributed by atoms with Gasteiger partial charge in [-0.15, -0.1) is 0 Å². The Kier molecular flexibility index (Phi) is 3.99. The molecule has 1 aliphatic rings. The zero-order valence-electron chi connectivity index (χ0n) is 10.8. The van der Waals surface area contributed by atoms with Crippen LogP contribution in [0.1, 0.15) is 30.3 Å². The van der Waals surface area contributed by atoms with Gasteiger partial charge in [0.25, 0.3) is 0 Å². The average molecular weight is 263 g/mol. The van der Waals surface area contributed by atoms with Crippen molar-refractivity contribution in [1.82, 2.24) is 9.88 Å². The number of rotatable bonds is 3. The topological polar surface area (TPSA) is 82.5 Å². The Bertz CT molecular complexity index is 482. The fourth-order valence-corrected chi connectivity index (χ4v) is 2.18. The number of carbonyl (C=O) groups excluding carboxylic acids is 1. The fourth-order valence-electron chi connectivity index (χ4n) is 2.18. The number of nitrogens with one attached hydrogen (secondary N) is 1. The van der Waals surface area contributed by atoms with Crippen LogP contribution in [0.5, 0.6) is 0 Å². The molecular weight excluding hydrogens is 246 g/mol. The molecule has 0 aliphatic carbocycles. The number of amides is 1. The predicted octanol–water partition coefficient (Wildman–Crippen LogP) is 1.20. The first-order valence-corrected chi connectivity index (χ1v) is 6.28. The first-order valence-electron chi connectivity index (χ1n) is 6.28. The lowest BCUT2D eigenvalue weighted by Crippen LogP contribution is -2.41. The van der Waals surface area contributed by atoms with Crippen LogP contribution in [0, 0.1) is 0 Å². The first-order chi connectivity index (χ1) is 9.06. The number of aromatic carboxylic acids is 1. The molecule has 6 heteroatoms. The fraction of sp³-hybridized carbons (Fsp3) is 0.462. The molecule has 0 saturated carbocycles. The molecule has 1 amide bonds. The number of carbonyl (C=O) groups is 2. The third-order valence-electron chi connectivity index (χ3n) is 3.26. The Morgan fingerprint density at radius 3 is 2.63 bits per heavy atom. The van der Waals surface area contributed by atoms with E-state index in [0.717, 1.165) is 25.9 Å². The first kappa shape index (κ1) is 13.3. The van der Waals surface area contributed by atoms with Gasteiger partial charge in [0.1, 0.15) is 5.82 Å². The van der Waals surface area contributed by atoms with Gasteiger partial charge in [-0.2, -0.15) is 0 Å². The summed E-state index contributed by atoms with van der Waals surface area (Å²) in [6, 6.07) is 5.12. The normalized spacial score (nSPS) is 16.2. The number of hydrogen-bond donors (Lipinski definition) is 2. The van der Waals surface area contributed by atoms with Crippen LogP contribution in [0.4, 0.5) is 5.82 Å². The highest BCUT2D eigenvalue weighted by molar-refractivity contribution is 5.85. The Morgan fingerprint density at radius 2 is 2.05 bits per heavy atom. The number of piperidine rings is 1. The summed E-state index contributed by atoms with van der Waals surface area (Å²) < 4.78 is 0. The molecule has 1 aromatic rings. The van der Waals surface area contributed by atoms with Crippen molar-refractivity contribution in [2.75, 3.05) is 18.4 Å². The summed E-state index contributed by atoms with van der Waals surface area (Å²) in [6.45, 7) is 3.03. The molecule has 0 atom stereocenters. The summed E-state index contributed by atoms with van der Waals surface area (Å²) >= 11 is 0. The summed E-state index contributed by atoms with van der Waals surface area (Å²) in [6.07, 6.45) is 1.69. The maximum Gasteiger partial charge on any atom is 0.354 e. The van der Waals surface area contributed by atoms with Gasteiger partial charge < -0.3 is 15.3 Å². The van der Waals surface area contributed by atoms with E-state index in [-0.39, 0.29) is 17.6 Å². The molecule has 0 aromatic carbocycles.